The van der Waals surface area contributed by atoms with Crippen LogP contribution < -0.4 is 9.47 Å². The molecule has 0 aliphatic carbocycles. The Bertz CT molecular complexity index is 992. The van der Waals surface area contributed by atoms with E-state index in [1.165, 1.54) is 0 Å². The molecule has 0 aliphatic heterocycles. The zero-order chi connectivity index (χ0) is 20.9. The Morgan fingerprint density at radius 2 is 1.79 bits per heavy atom. The van der Waals surface area contributed by atoms with Crippen LogP contribution in [0.5, 0.6) is 11.9 Å². The van der Waals surface area contributed by atoms with Gasteiger partial charge in [0.15, 0.2) is 12.9 Å². The molecule has 0 saturated carbocycles. The summed E-state index contributed by atoms with van der Waals surface area (Å²) in [7, 11) is 0. The molecule has 8 heteroatoms. The standard InChI is InChI=1S/C21H17F3N2O3/c1-14-16(8-5-9-18(14)15-6-3-2-4-7-15)12-28-20-25-10-17(11-27)19(26-20)29-13-21(22,23)24/h2-11H,12-13H2,1H3. The van der Waals surface area contributed by atoms with E-state index in [0.717, 1.165) is 28.5 Å². The van der Waals surface area contributed by atoms with Crippen LogP contribution in [-0.2, 0) is 6.61 Å². The van der Waals surface area contributed by atoms with Crippen LogP contribution in [0.2, 0.25) is 0 Å². The molecule has 0 radical (unpaired) electrons. The fraction of sp³-hybridized carbons (Fsp3) is 0.190. The number of aromatic nitrogens is 2. The second-order valence-electron chi connectivity index (χ2n) is 6.18. The van der Waals surface area contributed by atoms with E-state index in [9.17, 15) is 18.0 Å². The average Bonchev–Trinajstić information content (AvgIpc) is 2.71. The van der Waals surface area contributed by atoms with E-state index in [0.29, 0.717) is 6.29 Å². The normalized spacial score (nSPS) is 11.2. The first-order valence-electron chi connectivity index (χ1n) is 8.66. The second-order valence-corrected chi connectivity index (χ2v) is 6.18. The van der Waals surface area contributed by atoms with Gasteiger partial charge in [-0.15, -0.1) is 0 Å². The Morgan fingerprint density at radius 3 is 2.48 bits per heavy atom. The number of hydrogen-bond acceptors (Lipinski definition) is 5. The average molecular weight is 402 g/mol. The lowest BCUT2D eigenvalue weighted by Crippen LogP contribution is -2.20. The molecule has 2 aromatic carbocycles. The van der Waals surface area contributed by atoms with Gasteiger partial charge < -0.3 is 9.47 Å². The van der Waals surface area contributed by atoms with E-state index in [-0.39, 0.29) is 18.2 Å². The summed E-state index contributed by atoms with van der Waals surface area (Å²) in [5, 5.41) is 0. The zero-order valence-corrected chi connectivity index (χ0v) is 15.4. The summed E-state index contributed by atoms with van der Waals surface area (Å²) in [6.45, 7) is 0.490. The van der Waals surface area contributed by atoms with Crippen molar-refractivity contribution < 1.29 is 27.4 Å². The fourth-order valence-corrected chi connectivity index (χ4v) is 2.69. The molecule has 0 N–H and O–H groups in total. The molecular formula is C21H17F3N2O3. The molecule has 0 amide bonds. The summed E-state index contributed by atoms with van der Waals surface area (Å²) in [6, 6.07) is 15.4. The van der Waals surface area contributed by atoms with E-state index < -0.39 is 18.7 Å². The first-order valence-corrected chi connectivity index (χ1v) is 8.66. The molecule has 150 valence electrons. The van der Waals surface area contributed by atoms with Crippen LogP contribution in [0.25, 0.3) is 11.1 Å². The Kier molecular flexibility index (Phi) is 6.11. The molecule has 0 fully saturated rings. The van der Waals surface area contributed by atoms with E-state index in [2.05, 4.69) is 14.7 Å². The van der Waals surface area contributed by atoms with Crippen molar-refractivity contribution in [1.29, 1.82) is 0 Å². The largest absolute Gasteiger partial charge is 0.467 e. The number of ether oxygens (including phenoxy) is 2. The SMILES string of the molecule is Cc1c(COc2ncc(C=O)c(OCC(F)(F)F)n2)cccc1-c1ccccc1. The topological polar surface area (TPSA) is 61.3 Å². The van der Waals surface area contributed by atoms with Gasteiger partial charge in [0.25, 0.3) is 0 Å². The fourth-order valence-electron chi connectivity index (χ4n) is 2.69. The van der Waals surface area contributed by atoms with Crippen molar-refractivity contribution in [2.45, 2.75) is 19.7 Å². The minimum Gasteiger partial charge on any atom is -0.467 e. The monoisotopic (exact) mass is 402 g/mol. The van der Waals surface area contributed by atoms with Crippen molar-refractivity contribution in [3.8, 4) is 23.0 Å². The highest BCUT2D eigenvalue weighted by Gasteiger charge is 2.29. The number of carbonyl (C=O) groups is 1. The molecular weight excluding hydrogens is 385 g/mol. The number of carbonyl (C=O) groups excluding carboxylic acids is 1. The van der Waals surface area contributed by atoms with Gasteiger partial charge in [-0.05, 0) is 29.2 Å². The molecule has 5 nitrogen and oxygen atoms in total. The van der Waals surface area contributed by atoms with Gasteiger partial charge >= 0.3 is 12.2 Å². The lowest BCUT2D eigenvalue weighted by Gasteiger charge is -2.13. The molecule has 0 bridgehead atoms. The molecule has 1 aromatic heterocycles. The third-order valence-electron chi connectivity index (χ3n) is 4.15. The van der Waals surface area contributed by atoms with Gasteiger partial charge in [0.05, 0.1) is 5.56 Å². The molecule has 0 atom stereocenters. The smallest absolute Gasteiger partial charge is 0.422 e. The Morgan fingerprint density at radius 1 is 1.03 bits per heavy atom. The minimum atomic E-state index is -4.55. The maximum absolute atomic E-state index is 12.4. The van der Waals surface area contributed by atoms with E-state index in [4.69, 9.17) is 4.74 Å². The molecule has 29 heavy (non-hydrogen) atoms. The lowest BCUT2D eigenvalue weighted by atomic mass is 9.97. The van der Waals surface area contributed by atoms with Crippen LogP contribution in [0.3, 0.4) is 0 Å². The predicted octanol–water partition coefficient (Wildman–Crippen LogP) is 4.78. The number of nitrogens with zero attached hydrogens (tertiary/aromatic N) is 2. The lowest BCUT2D eigenvalue weighted by molar-refractivity contribution is -0.154. The van der Waals surface area contributed by atoms with Crippen LogP contribution in [0.4, 0.5) is 13.2 Å². The third kappa shape index (κ3) is 5.31. The van der Waals surface area contributed by atoms with Crippen molar-refractivity contribution >= 4 is 6.29 Å². The van der Waals surface area contributed by atoms with Crippen LogP contribution >= 0.6 is 0 Å². The summed E-state index contributed by atoms with van der Waals surface area (Å²) < 4.78 is 47.3. The minimum absolute atomic E-state index is 0.103. The van der Waals surface area contributed by atoms with Crippen LogP contribution in [0.1, 0.15) is 21.5 Å². The van der Waals surface area contributed by atoms with Gasteiger partial charge in [-0.2, -0.15) is 18.2 Å². The van der Waals surface area contributed by atoms with Crippen LogP contribution in [0.15, 0.2) is 54.7 Å². The van der Waals surface area contributed by atoms with E-state index in [1.54, 1.807) is 0 Å². The summed E-state index contributed by atoms with van der Waals surface area (Å²) in [6.07, 6.45) is -3.17. The van der Waals surface area contributed by atoms with Gasteiger partial charge in [-0.1, -0.05) is 48.5 Å². The highest BCUT2D eigenvalue weighted by atomic mass is 19.4. The highest BCUT2D eigenvalue weighted by molar-refractivity contribution is 5.77. The summed E-state index contributed by atoms with van der Waals surface area (Å²) in [4.78, 5) is 18.6. The molecule has 0 spiro atoms. The van der Waals surface area contributed by atoms with Gasteiger partial charge in [0.1, 0.15) is 6.61 Å². The van der Waals surface area contributed by atoms with Crippen molar-refractivity contribution in [2.24, 2.45) is 0 Å². The maximum atomic E-state index is 12.4. The van der Waals surface area contributed by atoms with Crippen molar-refractivity contribution in [1.82, 2.24) is 9.97 Å². The number of hydrogen-bond donors (Lipinski definition) is 0. The summed E-state index contributed by atoms with van der Waals surface area (Å²) in [5.41, 5.74) is 3.77. The predicted molar refractivity (Wildman–Crippen MR) is 99.9 cm³/mol. The Balaban J connectivity index is 1.77. The highest BCUT2D eigenvalue weighted by Crippen LogP contribution is 2.26. The molecule has 0 aliphatic rings. The molecule has 1 heterocycles. The first kappa shape index (κ1) is 20.3. The number of benzene rings is 2. The number of aldehydes is 1. The van der Waals surface area contributed by atoms with Gasteiger partial charge in [-0.25, -0.2) is 4.98 Å². The van der Waals surface area contributed by atoms with Crippen molar-refractivity contribution in [2.75, 3.05) is 6.61 Å². The summed E-state index contributed by atoms with van der Waals surface area (Å²) in [5.74, 6) is -0.475. The molecule has 0 unspecified atom stereocenters. The summed E-state index contributed by atoms with van der Waals surface area (Å²) >= 11 is 0. The van der Waals surface area contributed by atoms with E-state index >= 15 is 0 Å². The molecule has 3 aromatic rings. The Hall–Kier alpha value is -3.42. The van der Waals surface area contributed by atoms with Crippen LogP contribution in [-0.4, -0.2) is 29.0 Å². The van der Waals surface area contributed by atoms with Gasteiger partial charge in [0, 0.05) is 6.20 Å². The Labute approximate surface area is 165 Å². The van der Waals surface area contributed by atoms with Crippen molar-refractivity contribution in [3.63, 3.8) is 0 Å². The molecule has 0 saturated heterocycles. The first-order chi connectivity index (χ1) is 13.9. The van der Waals surface area contributed by atoms with E-state index in [1.807, 2.05) is 55.5 Å². The third-order valence-corrected chi connectivity index (χ3v) is 4.15. The number of alkyl halides is 3. The maximum Gasteiger partial charge on any atom is 0.422 e. The molecule has 3 rings (SSSR count). The van der Waals surface area contributed by atoms with Gasteiger partial charge in [-0.3, -0.25) is 4.79 Å². The zero-order valence-electron chi connectivity index (χ0n) is 15.4. The van der Waals surface area contributed by atoms with Crippen molar-refractivity contribution in [3.05, 3.63) is 71.4 Å². The van der Waals surface area contributed by atoms with Gasteiger partial charge in [0.2, 0.25) is 5.88 Å². The second kappa shape index (κ2) is 8.72. The quantitative estimate of drug-likeness (QED) is 0.532. The number of halogens is 3. The van der Waals surface area contributed by atoms with Crippen LogP contribution in [0, 0.1) is 6.92 Å². The number of rotatable bonds is 7.